The van der Waals surface area contributed by atoms with Crippen LogP contribution in [0.4, 0.5) is 0 Å². The molecule has 4 nitrogen and oxygen atoms in total. The summed E-state index contributed by atoms with van der Waals surface area (Å²) >= 11 is 0. The fourth-order valence-electron chi connectivity index (χ4n) is 2.15. The third-order valence-corrected chi connectivity index (χ3v) is 2.97. The second-order valence-electron chi connectivity index (χ2n) is 5.65. The number of benzene rings is 1. The first kappa shape index (κ1) is 13.1. The summed E-state index contributed by atoms with van der Waals surface area (Å²) in [6, 6.07) is 6.05. The zero-order valence-electron chi connectivity index (χ0n) is 11.2. The van der Waals surface area contributed by atoms with Gasteiger partial charge in [-0.1, -0.05) is 19.9 Å². The molecular weight excluding hydrogens is 228 g/mol. The zero-order valence-corrected chi connectivity index (χ0v) is 11.2. The molecule has 2 aromatic rings. The van der Waals surface area contributed by atoms with E-state index in [1.165, 1.54) is 12.0 Å². The first-order chi connectivity index (χ1) is 8.50. The lowest BCUT2D eigenvalue weighted by atomic mass is 9.94. The maximum Gasteiger partial charge on any atom is 0.181 e. The molecule has 0 aliphatic heterocycles. The van der Waals surface area contributed by atoms with E-state index in [0.717, 1.165) is 24.2 Å². The summed E-state index contributed by atoms with van der Waals surface area (Å²) in [5, 5.41) is 9.27. The van der Waals surface area contributed by atoms with E-state index in [-0.39, 0.29) is 12.0 Å². The number of aliphatic hydroxyl groups excluding tert-OH is 1. The Morgan fingerprint density at radius 3 is 2.89 bits per heavy atom. The monoisotopic (exact) mass is 248 g/mol. The van der Waals surface area contributed by atoms with Gasteiger partial charge in [0, 0.05) is 25.1 Å². The summed E-state index contributed by atoms with van der Waals surface area (Å²) in [6.07, 6.45) is 1.47. The minimum atomic E-state index is -0.0783. The van der Waals surface area contributed by atoms with Gasteiger partial charge in [0.25, 0.3) is 0 Å². The fraction of sp³-hybridized carbons (Fsp3) is 0.500. The van der Waals surface area contributed by atoms with E-state index in [2.05, 4.69) is 36.8 Å². The van der Waals surface area contributed by atoms with Crippen LogP contribution >= 0.6 is 0 Å². The van der Waals surface area contributed by atoms with Crippen molar-refractivity contribution in [1.29, 1.82) is 0 Å². The summed E-state index contributed by atoms with van der Waals surface area (Å²) in [5.41, 5.74) is 2.82. The van der Waals surface area contributed by atoms with Crippen molar-refractivity contribution in [3.63, 3.8) is 0 Å². The Labute approximate surface area is 107 Å². The summed E-state index contributed by atoms with van der Waals surface area (Å²) in [5.74, 6) is 0. The highest BCUT2D eigenvalue weighted by molar-refractivity contribution is 5.72. The van der Waals surface area contributed by atoms with Crippen molar-refractivity contribution in [2.45, 2.75) is 20.4 Å². The van der Waals surface area contributed by atoms with Gasteiger partial charge in [0.05, 0.1) is 0 Å². The van der Waals surface area contributed by atoms with Crippen molar-refractivity contribution in [3.8, 4) is 0 Å². The lowest BCUT2D eigenvalue weighted by Crippen LogP contribution is -2.33. The third-order valence-electron chi connectivity index (χ3n) is 2.97. The molecule has 0 aliphatic rings. The Hall–Kier alpha value is -1.39. The number of oxazole rings is 1. The topological polar surface area (TPSA) is 49.5 Å². The number of hydrogen-bond donors (Lipinski definition) is 1. The molecule has 0 saturated heterocycles. The van der Waals surface area contributed by atoms with E-state index in [1.807, 2.05) is 12.1 Å². The van der Waals surface area contributed by atoms with Crippen molar-refractivity contribution < 1.29 is 9.52 Å². The maximum absolute atomic E-state index is 9.27. The molecule has 0 atom stereocenters. The highest BCUT2D eigenvalue weighted by Gasteiger charge is 2.18. The molecule has 18 heavy (non-hydrogen) atoms. The lowest BCUT2D eigenvalue weighted by Gasteiger charge is -2.28. The van der Waals surface area contributed by atoms with Crippen LogP contribution in [-0.2, 0) is 6.54 Å². The molecule has 1 aromatic heterocycles. The van der Waals surface area contributed by atoms with Crippen molar-refractivity contribution >= 4 is 11.1 Å². The van der Waals surface area contributed by atoms with E-state index in [1.54, 1.807) is 0 Å². The molecule has 4 heteroatoms. The number of rotatable bonds is 5. The highest BCUT2D eigenvalue weighted by Crippen LogP contribution is 2.18. The van der Waals surface area contributed by atoms with Gasteiger partial charge in [0.15, 0.2) is 12.0 Å². The molecule has 1 N–H and O–H groups in total. The van der Waals surface area contributed by atoms with Crippen molar-refractivity contribution in [2.24, 2.45) is 5.41 Å². The molecule has 1 heterocycles. The third kappa shape index (κ3) is 3.09. The van der Waals surface area contributed by atoms with Gasteiger partial charge >= 0.3 is 0 Å². The van der Waals surface area contributed by atoms with Crippen LogP contribution in [0.2, 0.25) is 0 Å². The van der Waals surface area contributed by atoms with E-state index in [9.17, 15) is 5.11 Å². The summed E-state index contributed by atoms with van der Waals surface area (Å²) in [6.45, 7) is 5.99. The average molecular weight is 248 g/mol. The smallest absolute Gasteiger partial charge is 0.181 e. The quantitative estimate of drug-likeness (QED) is 0.882. The van der Waals surface area contributed by atoms with Crippen LogP contribution in [0, 0.1) is 5.41 Å². The van der Waals surface area contributed by atoms with Crippen LogP contribution in [0.25, 0.3) is 11.1 Å². The number of aliphatic hydroxyl groups is 1. The number of hydrogen-bond acceptors (Lipinski definition) is 4. The van der Waals surface area contributed by atoms with Crippen molar-refractivity contribution in [2.75, 3.05) is 20.2 Å². The molecule has 0 amide bonds. The minimum absolute atomic E-state index is 0.0783. The predicted octanol–water partition coefficient (Wildman–Crippen LogP) is 2.28. The molecule has 0 saturated carbocycles. The van der Waals surface area contributed by atoms with Crippen LogP contribution in [-0.4, -0.2) is 35.2 Å². The van der Waals surface area contributed by atoms with E-state index < -0.39 is 0 Å². The van der Waals surface area contributed by atoms with E-state index in [4.69, 9.17) is 4.42 Å². The normalized spacial score (nSPS) is 12.5. The predicted molar refractivity (Wildman–Crippen MR) is 71.2 cm³/mol. The summed E-state index contributed by atoms with van der Waals surface area (Å²) in [4.78, 5) is 6.30. The standard InChI is InChI=1S/C14H20N2O2/c1-14(2,9-17)8-16(3)7-11-4-5-12-13(6-11)18-10-15-12/h4-6,10,17H,7-9H2,1-3H3. The Morgan fingerprint density at radius 2 is 2.17 bits per heavy atom. The molecule has 2 rings (SSSR count). The van der Waals surface area contributed by atoms with Gasteiger partial charge in [-0.25, -0.2) is 4.98 Å². The van der Waals surface area contributed by atoms with E-state index in [0.29, 0.717) is 0 Å². The largest absolute Gasteiger partial charge is 0.443 e. The molecular formula is C14H20N2O2. The molecule has 0 unspecified atom stereocenters. The number of fused-ring (bicyclic) bond motifs is 1. The first-order valence-electron chi connectivity index (χ1n) is 6.12. The van der Waals surface area contributed by atoms with E-state index >= 15 is 0 Å². The Balaban J connectivity index is 2.04. The Bertz CT molecular complexity index is 519. The minimum Gasteiger partial charge on any atom is -0.443 e. The summed E-state index contributed by atoms with van der Waals surface area (Å²) < 4.78 is 5.29. The van der Waals surface area contributed by atoms with Crippen molar-refractivity contribution in [1.82, 2.24) is 9.88 Å². The fourth-order valence-corrected chi connectivity index (χ4v) is 2.15. The van der Waals surface area contributed by atoms with Crippen LogP contribution in [0.1, 0.15) is 19.4 Å². The van der Waals surface area contributed by atoms with Crippen LogP contribution in [0.3, 0.4) is 0 Å². The number of nitrogens with zero attached hydrogens (tertiary/aromatic N) is 2. The van der Waals surface area contributed by atoms with Gasteiger partial charge in [0.1, 0.15) is 5.52 Å². The van der Waals surface area contributed by atoms with Crippen LogP contribution in [0.5, 0.6) is 0 Å². The second kappa shape index (κ2) is 5.08. The molecule has 1 aromatic carbocycles. The Kier molecular flexibility index (Phi) is 3.68. The first-order valence-corrected chi connectivity index (χ1v) is 6.12. The van der Waals surface area contributed by atoms with Gasteiger partial charge in [-0.15, -0.1) is 0 Å². The molecule has 0 bridgehead atoms. The average Bonchev–Trinajstić information content (AvgIpc) is 2.75. The van der Waals surface area contributed by atoms with Gasteiger partial charge in [0.2, 0.25) is 0 Å². The second-order valence-corrected chi connectivity index (χ2v) is 5.65. The zero-order chi connectivity index (χ0) is 13.2. The molecule has 0 fully saturated rings. The SMILES string of the molecule is CN(Cc1ccc2ncoc2c1)CC(C)(C)CO. The van der Waals surface area contributed by atoms with Crippen LogP contribution in [0.15, 0.2) is 29.0 Å². The lowest BCUT2D eigenvalue weighted by molar-refractivity contribution is 0.112. The molecule has 98 valence electrons. The van der Waals surface area contributed by atoms with Crippen LogP contribution < -0.4 is 0 Å². The Morgan fingerprint density at radius 1 is 1.39 bits per heavy atom. The van der Waals surface area contributed by atoms with Crippen molar-refractivity contribution in [3.05, 3.63) is 30.2 Å². The maximum atomic E-state index is 9.27. The molecule has 0 radical (unpaired) electrons. The highest BCUT2D eigenvalue weighted by atomic mass is 16.3. The van der Waals surface area contributed by atoms with Gasteiger partial charge in [-0.2, -0.15) is 0 Å². The molecule has 0 aliphatic carbocycles. The van der Waals surface area contributed by atoms with Gasteiger partial charge < -0.3 is 14.4 Å². The molecule has 0 spiro atoms. The van der Waals surface area contributed by atoms with Gasteiger partial charge in [-0.05, 0) is 24.7 Å². The number of aromatic nitrogens is 1. The van der Waals surface area contributed by atoms with Gasteiger partial charge in [-0.3, -0.25) is 0 Å². The summed E-state index contributed by atoms with van der Waals surface area (Å²) in [7, 11) is 2.06.